The van der Waals surface area contributed by atoms with Gasteiger partial charge in [-0.05, 0) is 6.42 Å². The Balaban J connectivity index is 2.42. The third-order valence-electron chi connectivity index (χ3n) is 3.32. The van der Waals surface area contributed by atoms with Crippen LogP contribution < -0.4 is 11.2 Å². The van der Waals surface area contributed by atoms with Crippen LogP contribution in [0.15, 0.2) is 15.8 Å². The zero-order valence-electron chi connectivity index (χ0n) is 10.9. The lowest BCUT2D eigenvalue weighted by atomic mass is 10.2. The van der Waals surface area contributed by atoms with Crippen molar-refractivity contribution in [3.05, 3.63) is 32.6 Å². The summed E-state index contributed by atoms with van der Waals surface area (Å²) in [7, 11) is 1.27. The lowest BCUT2D eigenvalue weighted by molar-refractivity contribution is -0.242. The fourth-order valence-corrected chi connectivity index (χ4v) is 2.14. The first-order chi connectivity index (χ1) is 9.72. The van der Waals surface area contributed by atoms with Gasteiger partial charge in [0.25, 0.3) is 5.56 Å². The predicted octanol–water partition coefficient (Wildman–Crippen LogP) is 0.199. The molecule has 1 aliphatic rings. The molecular weight excluding hydrogens is 297 g/mol. The number of halogens is 3. The molecule has 0 bridgehead atoms. The van der Waals surface area contributed by atoms with Crippen molar-refractivity contribution in [3.63, 3.8) is 0 Å². The quantitative estimate of drug-likeness (QED) is 0.832. The van der Waals surface area contributed by atoms with Crippen LogP contribution in [-0.4, -0.2) is 34.2 Å². The minimum Gasteiger partial charge on any atom is -0.391 e. The molecule has 1 aliphatic heterocycles. The van der Waals surface area contributed by atoms with Gasteiger partial charge in [0.1, 0.15) is 11.8 Å². The smallest absolute Gasteiger partial charge is 0.391 e. The molecule has 0 amide bonds. The van der Waals surface area contributed by atoms with Crippen molar-refractivity contribution in [2.24, 2.45) is 0 Å². The first kappa shape index (κ1) is 15.7. The van der Waals surface area contributed by atoms with E-state index in [9.17, 15) is 27.9 Å². The Hall–Kier alpha value is -1.65. The number of rotatable bonds is 3. The van der Waals surface area contributed by atoms with Gasteiger partial charge in [-0.2, -0.15) is 13.2 Å². The number of aromatic nitrogens is 2. The highest BCUT2D eigenvalue weighted by Gasteiger charge is 2.42. The van der Waals surface area contributed by atoms with Crippen LogP contribution in [0.4, 0.5) is 13.2 Å². The van der Waals surface area contributed by atoms with E-state index >= 15 is 0 Å². The maximum atomic E-state index is 12.7. The Kier molecular flexibility index (Phi) is 3.95. The van der Waals surface area contributed by atoms with E-state index in [4.69, 9.17) is 9.47 Å². The normalized spacial score (nSPS) is 26.2. The van der Waals surface area contributed by atoms with Gasteiger partial charge in [0.2, 0.25) is 0 Å². The molecule has 2 heterocycles. The summed E-state index contributed by atoms with van der Waals surface area (Å²) in [5.74, 6) is -1.36. The van der Waals surface area contributed by atoms with E-state index in [0.29, 0.717) is 10.8 Å². The number of aliphatic hydroxyl groups excluding tert-OH is 1. The van der Waals surface area contributed by atoms with E-state index < -0.39 is 41.6 Å². The molecule has 1 saturated heterocycles. The number of aliphatic hydroxyl groups is 1. The van der Waals surface area contributed by atoms with Gasteiger partial charge in [0.05, 0.1) is 6.61 Å². The summed E-state index contributed by atoms with van der Waals surface area (Å²) < 4.78 is 49.0. The first-order valence-electron chi connectivity index (χ1n) is 5.99. The number of hydrogen-bond donors (Lipinski definition) is 2. The summed E-state index contributed by atoms with van der Waals surface area (Å²) >= 11 is 0. The van der Waals surface area contributed by atoms with Crippen molar-refractivity contribution < 1.29 is 27.8 Å². The molecule has 10 heteroatoms. The highest BCUT2D eigenvalue weighted by atomic mass is 19.4. The summed E-state index contributed by atoms with van der Waals surface area (Å²) in [6.45, 7) is -0.510. The Bertz CT molecular complexity index is 632. The largest absolute Gasteiger partial charge is 0.423 e. The van der Waals surface area contributed by atoms with Crippen molar-refractivity contribution in [1.29, 1.82) is 0 Å². The van der Waals surface area contributed by atoms with Crippen LogP contribution in [0.1, 0.15) is 24.6 Å². The van der Waals surface area contributed by atoms with Gasteiger partial charge in [0, 0.05) is 19.7 Å². The van der Waals surface area contributed by atoms with Gasteiger partial charge in [0.15, 0.2) is 5.79 Å². The molecule has 1 aromatic rings. The van der Waals surface area contributed by atoms with Crippen LogP contribution in [-0.2, 0) is 15.7 Å². The van der Waals surface area contributed by atoms with Crippen LogP contribution in [0.25, 0.3) is 0 Å². The topological polar surface area (TPSA) is 93.5 Å². The molecule has 0 unspecified atom stereocenters. The van der Waals surface area contributed by atoms with Crippen molar-refractivity contribution in [3.8, 4) is 0 Å². The summed E-state index contributed by atoms with van der Waals surface area (Å²) in [5, 5.41) is 9.20. The molecule has 118 valence electrons. The van der Waals surface area contributed by atoms with E-state index in [1.165, 1.54) is 7.11 Å². The third kappa shape index (κ3) is 2.87. The van der Waals surface area contributed by atoms with Crippen LogP contribution in [0.2, 0.25) is 0 Å². The molecule has 0 aliphatic carbocycles. The number of H-pyrrole nitrogens is 1. The molecule has 1 aromatic heterocycles. The molecule has 0 saturated carbocycles. The molecule has 0 aromatic carbocycles. The minimum atomic E-state index is -4.89. The number of hydrogen-bond acceptors (Lipinski definition) is 5. The van der Waals surface area contributed by atoms with Gasteiger partial charge in [-0.3, -0.25) is 14.3 Å². The zero-order valence-corrected chi connectivity index (χ0v) is 10.9. The average Bonchev–Trinajstić information content (AvgIpc) is 2.82. The van der Waals surface area contributed by atoms with E-state index in [1.807, 2.05) is 0 Å². The van der Waals surface area contributed by atoms with Gasteiger partial charge in [-0.1, -0.05) is 0 Å². The third-order valence-corrected chi connectivity index (χ3v) is 3.32. The predicted molar refractivity (Wildman–Crippen MR) is 62.5 cm³/mol. The Morgan fingerprint density at radius 3 is 2.71 bits per heavy atom. The van der Waals surface area contributed by atoms with Crippen LogP contribution in [0, 0.1) is 0 Å². The van der Waals surface area contributed by atoms with Crippen LogP contribution in [0.3, 0.4) is 0 Å². The standard InChI is InChI=1S/C11H13F3N2O5/c1-20-10(5-17)3-2-7(21-10)16-4-6(11(12,13)14)8(18)15-9(16)19/h4,7,17H,2-3,5H2,1H3,(H,15,18,19)/t7-,10-/m1/s1. The second kappa shape index (κ2) is 5.28. The van der Waals surface area contributed by atoms with Crippen LogP contribution in [0.5, 0.6) is 0 Å². The number of nitrogens with one attached hydrogen (secondary N) is 1. The monoisotopic (exact) mass is 310 g/mol. The van der Waals surface area contributed by atoms with E-state index in [1.54, 1.807) is 4.98 Å². The molecule has 7 nitrogen and oxygen atoms in total. The fourth-order valence-electron chi connectivity index (χ4n) is 2.14. The molecule has 0 spiro atoms. The highest BCUT2D eigenvalue weighted by Crippen LogP contribution is 2.36. The van der Waals surface area contributed by atoms with E-state index in [2.05, 4.69) is 0 Å². The second-order valence-corrected chi connectivity index (χ2v) is 4.59. The number of alkyl halides is 3. The first-order valence-corrected chi connectivity index (χ1v) is 5.99. The van der Waals surface area contributed by atoms with Crippen molar-refractivity contribution in [2.45, 2.75) is 31.0 Å². The summed E-state index contributed by atoms with van der Waals surface area (Å²) in [6, 6.07) is 0. The van der Waals surface area contributed by atoms with Crippen molar-refractivity contribution in [1.82, 2.24) is 9.55 Å². The summed E-state index contributed by atoms with van der Waals surface area (Å²) in [5.41, 5.74) is -4.03. The van der Waals surface area contributed by atoms with Gasteiger partial charge >= 0.3 is 11.9 Å². The van der Waals surface area contributed by atoms with E-state index in [-0.39, 0.29) is 12.8 Å². The van der Waals surface area contributed by atoms with Gasteiger partial charge in [-0.15, -0.1) is 0 Å². The van der Waals surface area contributed by atoms with Gasteiger partial charge in [-0.25, -0.2) is 4.79 Å². The molecule has 1 fully saturated rings. The Morgan fingerprint density at radius 2 is 2.24 bits per heavy atom. The SMILES string of the molecule is CO[C@]1(CO)CC[C@H](n2cc(C(F)(F)F)c(=O)[nH]c2=O)O1. The maximum absolute atomic E-state index is 12.7. The van der Waals surface area contributed by atoms with Crippen molar-refractivity contribution in [2.75, 3.05) is 13.7 Å². The minimum absolute atomic E-state index is 0.150. The Morgan fingerprint density at radius 1 is 1.57 bits per heavy atom. The fraction of sp³-hybridized carbons (Fsp3) is 0.636. The highest BCUT2D eigenvalue weighted by molar-refractivity contribution is 5.09. The molecular formula is C11H13F3N2O5. The molecule has 21 heavy (non-hydrogen) atoms. The maximum Gasteiger partial charge on any atom is 0.423 e. The number of aromatic amines is 1. The summed E-state index contributed by atoms with van der Waals surface area (Å²) in [4.78, 5) is 24.5. The second-order valence-electron chi connectivity index (χ2n) is 4.59. The summed E-state index contributed by atoms with van der Waals surface area (Å²) in [6.07, 6.45) is -5.20. The molecule has 2 atom stereocenters. The molecule has 2 N–H and O–H groups in total. The van der Waals surface area contributed by atoms with Crippen molar-refractivity contribution >= 4 is 0 Å². The lowest BCUT2D eigenvalue weighted by Crippen LogP contribution is -2.39. The molecule has 0 radical (unpaired) electrons. The molecule has 2 rings (SSSR count). The average molecular weight is 310 g/mol. The lowest BCUT2D eigenvalue weighted by Gasteiger charge is -2.25. The number of nitrogens with zero attached hydrogens (tertiary/aromatic N) is 1. The zero-order chi connectivity index (χ0) is 15.8. The Labute approximate surface area is 115 Å². The number of ether oxygens (including phenoxy) is 2. The number of methoxy groups -OCH3 is 1. The van der Waals surface area contributed by atoms with Gasteiger partial charge < -0.3 is 14.6 Å². The van der Waals surface area contributed by atoms with Crippen LogP contribution >= 0.6 is 0 Å². The van der Waals surface area contributed by atoms with E-state index in [0.717, 1.165) is 0 Å².